The highest BCUT2D eigenvalue weighted by Crippen LogP contribution is 2.35. The van der Waals surface area contributed by atoms with Crippen LogP contribution in [0.3, 0.4) is 0 Å². The maximum Gasteiger partial charge on any atom is 0.196 e. The standard InChI is InChI=1S/C15H12BrClFN3/c16-9-2-1-3-11(6-9)21-14(8-20-15(21)19)12-5-4-10(18)7-13(12)17/h1-7,14H,8H2,(H2,19,20). The SMILES string of the molecule is NC1=NCC(c2ccc(F)cc2Cl)N1c1cccc(Br)c1. The molecule has 1 heterocycles. The highest BCUT2D eigenvalue weighted by molar-refractivity contribution is 9.10. The molecule has 0 spiro atoms. The van der Waals surface area contributed by atoms with E-state index in [1.807, 2.05) is 29.2 Å². The third-order valence-corrected chi connectivity index (χ3v) is 4.21. The van der Waals surface area contributed by atoms with E-state index in [0.29, 0.717) is 17.5 Å². The second-order valence-electron chi connectivity index (χ2n) is 4.73. The summed E-state index contributed by atoms with van der Waals surface area (Å²) in [7, 11) is 0. The number of hydrogen-bond donors (Lipinski definition) is 1. The van der Waals surface area contributed by atoms with E-state index < -0.39 is 0 Å². The molecular formula is C15H12BrClFN3. The lowest BCUT2D eigenvalue weighted by Gasteiger charge is -2.27. The Kier molecular flexibility index (Phi) is 3.87. The predicted octanol–water partition coefficient (Wildman–Crippen LogP) is 4.12. The number of guanidine groups is 1. The molecule has 1 aliphatic heterocycles. The van der Waals surface area contributed by atoms with Crippen molar-refractivity contribution in [2.24, 2.45) is 10.7 Å². The van der Waals surface area contributed by atoms with Gasteiger partial charge in [0, 0.05) is 15.2 Å². The molecule has 0 saturated heterocycles. The highest BCUT2D eigenvalue weighted by atomic mass is 79.9. The lowest BCUT2D eigenvalue weighted by molar-refractivity contribution is 0.625. The monoisotopic (exact) mass is 367 g/mol. The largest absolute Gasteiger partial charge is 0.369 e. The Bertz CT molecular complexity index is 720. The van der Waals surface area contributed by atoms with Gasteiger partial charge in [0.05, 0.1) is 12.6 Å². The number of halogens is 3. The molecule has 3 rings (SSSR count). The second kappa shape index (κ2) is 5.66. The molecule has 0 fully saturated rings. The number of nitrogens with zero attached hydrogens (tertiary/aromatic N) is 2. The first kappa shape index (κ1) is 14.4. The van der Waals surface area contributed by atoms with E-state index in [9.17, 15) is 4.39 Å². The van der Waals surface area contributed by atoms with Gasteiger partial charge in [-0.25, -0.2) is 4.39 Å². The first-order chi connectivity index (χ1) is 10.1. The highest BCUT2D eigenvalue weighted by Gasteiger charge is 2.30. The van der Waals surface area contributed by atoms with E-state index in [1.165, 1.54) is 12.1 Å². The van der Waals surface area contributed by atoms with Crippen molar-refractivity contribution in [1.82, 2.24) is 0 Å². The number of nitrogens with two attached hydrogens (primary N) is 1. The van der Waals surface area contributed by atoms with Gasteiger partial charge in [-0.3, -0.25) is 4.99 Å². The third kappa shape index (κ3) is 2.76. The van der Waals surface area contributed by atoms with Gasteiger partial charge in [0.2, 0.25) is 0 Å². The quantitative estimate of drug-likeness (QED) is 0.866. The molecule has 0 aliphatic carbocycles. The molecule has 1 unspecified atom stereocenters. The summed E-state index contributed by atoms with van der Waals surface area (Å²) in [5.41, 5.74) is 7.73. The van der Waals surface area contributed by atoms with E-state index in [0.717, 1.165) is 15.7 Å². The van der Waals surface area contributed by atoms with Gasteiger partial charge >= 0.3 is 0 Å². The van der Waals surface area contributed by atoms with E-state index >= 15 is 0 Å². The fourth-order valence-electron chi connectivity index (χ4n) is 2.44. The molecule has 0 bridgehead atoms. The Labute approximate surface area is 135 Å². The van der Waals surface area contributed by atoms with Crippen molar-refractivity contribution in [2.75, 3.05) is 11.4 Å². The van der Waals surface area contributed by atoms with Gasteiger partial charge in [0.25, 0.3) is 0 Å². The molecule has 2 aromatic carbocycles. The van der Waals surface area contributed by atoms with Crippen LogP contribution in [0.25, 0.3) is 0 Å². The van der Waals surface area contributed by atoms with Crippen LogP contribution in [0.2, 0.25) is 5.02 Å². The van der Waals surface area contributed by atoms with Crippen molar-refractivity contribution >= 4 is 39.2 Å². The van der Waals surface area contributed by atoms with Crippen LogP contribution in [-0.4, -0.2) is 12.5 Å². The maximum absolute atomic E-state index is 13.2. The van der Waals surface area contributed by atoms with Gasteiger partial charge < -0.3 is 10.6 Å². The lowest BCUT2D eigenvalue weighted by atomic mass is 10.1. The van der Waals surface area contributed by atoms with Crippen molar-refractivity contribution in [2.45, 2.75) is 6.04 Å². The molecule has 0 amide bonds. The first-order valence-corrected chi connectivity index (χ1v) is 7.53. The van der Waals surface area contributed by atoms with E-state index in [1.54, 1.807) is 6.07 Å². The van der Waals surface area contributed by atoms with E-state index in [-0.39, 0.29) is 11.9 Å². The number of hydrogen-bond acceptors (Lipinski definition) is 3. The zero-order valence-corrected chi connectivity index (χ0v) is 13.3. The maximum atomic E-state index is 13.2. The predicted molar refractivity (Wildman–Crippen MR) is 87.3 cm³/mol. The van der Waals surface area contributed by atoms with Crippen molar-refractivity contribution < 1.29 is 4.39 Å². The topological polar surface area (TPSA) is 41.6 Å². The Morgan fingerprint density at radius 3 is 2.81 bits per heavy atom. The van der Waals surface area contributed by atoms with Crippen molar-refractivity contribution in [3.8, 4) is 0 Å². The molecule has 6 heteroatoms. The molecular weight excluding hydrogens is 357 g/mol. The molecule has 3 nitrogen and oxygen atoms in total. The molecule has 2 N–H and O–H groups in total. The summed E-state index contributed by atoms with van der Waals surface area (Å²) in [6, 6.07) is 12.0. The fourth-order valence-corrected chi connectivity index (χ4v) is 3.13. The van der Waals surface area contributed by atoms with Crippen molar-refractivity contribution in [1.29, 1.82) is 0 Å². The summed E-state index contributed by atoms with van der Waals surface area (Å²) in [5.74, 6) is 0.0723. The summed E-state index contributed by atoms with van der Waals surface area (Å²) in [6.07, 6.45) is 0. The van der Waals surface area contributed by atoms with Gasteiger partial charge in [-0.2, -0.15) is 0 Å². The molecule has 21 heavy (non-hydrogen) atoms. The lowest BCUT2D eigenvalue weighted by Crippen LogP contribution is -2.36. The number of rotatable bonds is 2. The fraction of sp³-hybridized carbons (Fsp3) is 0.133. The Hall–Kier alpha value is -1.59. The summed E-state index contributed by atoms with van der Waals surface area (Å²) >= 11 is 9.62. The molecule has 0 aromatic heterocycles. The minimum atomic E-state index is -0.357. The average Bonchev–Trinajstić information content (AvgIpc) is 2.80. The minimum absolute atomic E-state index is 0.132. The van der Waals surface area contributed by atoms with Crippen LogP contribution in [0, 0.1) is 5.82 Å². The third-order valence-electron chi connectivity index (χ3n) is 3.39. The zero-order valence-electron chi connectivity index (χ0n) is 10.9. The number of anilines is 1. The van der Waals surface area contributed by atoms with Crippen LogP contribution in [-0.2, 0) is 0 Å². The van der Waals surface area contributed by atoms with Crippen LogP contribution < -0.4 is 10.6 Å². The van der Waals surface area contributed by atoms with Crippen LogP contribution >= 0.6 is 27.5 Å². The Morgan fingerprint density at radius 1 is 1.29 bits per heavy atom. The van der Waals surface area contributed by atoms with Gasteiger partial charge in [-0.15, -0.1) is 0 Å². The molecule has 2 aromatic rings. The summed E-state index contributed by atoms with van der Waals surface area (Å²) < 4.78 is 14.2. The molecule has 0 radical (unpaired) electrons. The van der Waals surface area contributed by atoms with Crippen LogP contribution in [0.15, 0.2) is 51.9 Å². The van der Waals surface area contributed by atoms with Crippen molar-refractivity contribution in [3.63, 3.8) is 0 Å². The van der Waals surface area contributed by atoms with Gasteiger partial charge in [-0.1, -0.05) is 39.7 Å². The second-order valence-corrected chi connectivity index (χ2v) is 6.05. The van der Waals surface area contributed by atoms with Gasteiger partial charge in [0.15, 0.2) is 5.96 Å². The number of benzene rings is 2. The van der Waals surface area contributed by atoms with Crippen LogP contribution in [0.5, 0.6) is 0 Å². The number of aliphatic imine (C=N–C) groups is 1. The average molecular weight is 369 g/mol. The zero-order chi connectivity index (χ0) is 15.0. The van der Waals surface area contributed by atoms with E-state index in [4.69, 9.17) is 17.3 Å². The molecule has 1 aliphatic rings. The molecule has 0 saturated carbocycles. The van der Waals surface area contributed by atoms with E-state index in [2.05, 4.69) is 20.9 Å². The molecule has 1 atom stereocenters. The summed E-state index contributed by atoms with van der Waals surface area (Å²) in [4.78, 5) is 6.20. The van der Waals surface area contributed by atoms with Crippen LogP contribution in [0.4, 0.5) is 10.1 Å². The normalized spacial score (nSPS) is 18.0. The minimum Gasteiger partial charge on any atom is -0.369 e. The Morgan fingerprint density at radius 2 is 2.10 bits per heavy atom. The van der Waals surface area contributed by atoms with Crippen LogP contribution in [0.1, 0.15) is 11.6 Å². The first-order valence-electron chi connectivity index (χ1n) is 6.36. The Balaban J connectivity index is 2.03. The van der Waals surface area contributed by atoms with Gasteiger partial charge in [-0.05, 0) is 35.9 Å². The summed E-state index contributed by atoms with van der Waals surface area (Å²) in [6.45, 7) is 0.490. The van der Waals surface area contributed by atoms with Crippen molar-refractivity contribution in [3.05, 3.63) is 63.3 Å². The smallest absolute Gasteiger partial charge is 0.196 e. The van der Waals surface area contributed by atoms with Gasteiger partial charge in [0.1, 0.15) is 5.82 Å². The molecule has 108 valence electrons. The summed E-state index contributed by atoms with van der Waals surface area (Å²) in [5, 5.41) is 0.380.